The van der Waals surface area contributed by atoms with Crippen LogP contribution in [0.25, 0.3) is 0 Å². The van der Waals surface area contributed by atoms with Crippen molar-refractivity contribution >= 4 is 0 Å². The number of hydrogen-bond donors (Lipinski definition) is 2. The van der Waals surface area contributed by atoms with Crippen molar-refractivity contribution in [2.75, 3.05) is 13.2 Å². The van der Waals surface area contributed by atoms with Gasteiger partial charge in [-0.2, -0.15) is 0 Å². The van der Waals surface area contributed by atoms with E-state index in [4.69, 9.17) is 9.15 Å². The largest absolute Gasteiger partial charge is 0.467 e. The highest BCUT2D eigenvalue weighted by Crippen LogP contribution is 2.05. The molecule has 2 unspecified atom stereocenters. The Labute approximate surface area is 122 Å². The molecule has 0 spiro atoms. The Morgan fingerprint density at radius 2 is 2.20 bits per heavy atom. The van der Waals surface area contributed by atoms with Crippen LogP contribution < -0.4 is 5.32 Å². The lowest BCUT2D eigenvalue weighted by Gasteiger charge is -2.17. The second-order valence-electron chi connectivity index (χ2n) is 5.41. The third kappa shape index (κ3) is 8.35. The average molecular weight is 283 g/mol. The molecule has 1 heterocycles. The van der Waals surface area contributed by atoms with Gasteiger partial charge in [0.2, 0.25) is 0 Å². The van der Waals surface area contributed by atoms with Crippen molar-refractivity contribution in [2.24, 2.45) is 0 Å². The number of aliphatic hydroxyl groups is 1. The van der Waals surface area contributed by atoms with Gasteiger partial charge in [0.05, 0.1) is 19.0 Å². The highest BCUT2D eigenvalue weighted by molar-refractivity contribution is 4.96. The molecule has 0 radical (unpaired) electrons. The molecule has 4 nitrogen and oxygen atoms in total. The van der Waals surface area contributed by atoms with Gasteiger partial charge in [0.15, 0.2) is 0 Å². The monoisotopic (exact) mass is 283 g/mol. The van der Waals surface area contributed by atoms with Gasteiger partial charge in [-0.3, -0.25) is 0 Å². The summed E-state index contributed by atoms with van der Waals surface area (Å²) in [6, 6.07) is 4.14. The lowest BCUT2D eigenvalue weighted by Crippen LogP contribution is -2.35. The van der Waals surface area contributed by atoms with Crippen LogP contribution in [-0.4, -0.2) is 30.4 Å². The minimum Gasteiger partial charge on any atom is -0.467 e. The molecule has 0 saturated heterocycles. The maximum atomic E-state index is 9.82. The van der Waals surface area contributed by atoms with Crippen molar-refractivity contribution in [3.63, 3.8) is 0 Å². The molecule has 0 aliphatic carbocycles. The summed E-state index contributed by atoms with van der Waals surface area (Å²) in [5, 5.41) is 13.2. The number of furan rings is 1. The van der Waals surface area contributed by atoms with Crippen LogP contribution in [0.5, 0.6) is 0 Å². The standard InChI is InChI=1S/C16H29NO3/c1-3-4-5-6-8-14(2)17-11-15(18)12-19-13-16-9-7-10-20-16/h7,9-10,14-15,17-18H,3-6,8,11-13H2,1-2H3. The summed E-state index contributed by atoms with van der Waals surface area (Å²) >= 11 is 0. The molecule has 1 rings (SSSR count). The van der Waals surface area contributed by atoms with Gasteiger partial charge >= 0.3 is 0 Å². The normalized spacial score (nSPS) is 14.3. The molecule has 1 aromatic heterocycles. The Kier molecular flexibility index (Phi) is 9.37. The minimum absolute atomic E-state index is 0.330. The number of ether oxygens (including phenoxy) is 1. The minimum atomic E-state index is -0.469. The molecular weight excluding hydrogens is 254 g/mol. The molecule has 2 N–H and O–H groups in total. The third-order valence-electron chi connectivity index (χ3n) is 3.33. The average Bonchev–Trinajstić information content (AvgIpc) is 2.94. The summed E-state index contributed by atoms with van der Waals surface area (Å²) in [6.45, 7) is 5.71. The van der Waals surface area contributed by atoms with E-state index in [0.29, 0.717) is 25.8 Å². The molecule has 4 heteroatoms. The molecule has 0 aromatic carbocycles. The quantitative estimate of drug-likeness (QED) is 0.579. The van der Waals surface area contributed by atoms with Crippen molar-refractivity contribution in [1.29, 1.82) is 0 Å². The summed E-state index contributed by atoms with van der Waals surface area (Å²) < 4.78 is 10.6. The Bertz CT molecular complexity index is 314. The first-order valence-corrected chi connectivity index (χ1v) is 7.74. The lowest BCUT2D eigenvalue weighted by molar-refractivity contribution is 0.0216. The van der Waals surface area contributed by atoms with E-state index < -0.39 is 6.10 Å². The number of rotatable bonds is 12. The molecule has 0 amide bonds. The zero-order chi connectivity index (χ0) is 14.6. The molecule has 20 heavy (non-hydrogen) atoms. The number of aliphatic hydroxyl groups excluding tert-OH is 1. The topological polar surface area (TPSA) is 54.6 Å². The number of nitrogens with one attached hydrogen (secondary N) is 1. The summed E-state index contributed by atoms with van der Waals surface area (Å²) in [7, 11) is 0. The fourth-order valence-corrected chi connectivity index (χ4v) is 2.07. The zero-order valence-electron chi connectivity index (χ0n) is 12.8. The molecule has 0 bridgehead atoms. The van der Waals surface area contributed by atoms with Crippen LogP contribution in [0.2, 0.25) is 0 Å². The van der Waals surface area contributed by atoms with Crippen molar-refractivity contribution in [2.45, 2.75) is 64.7 Å². The molecule has 1 aromatic rings. The van der Waals surface area contributed by atoms with E-state index in [-0.39, 0.29) is 0 Å². The predicted molar refractivity (Wildman–Crippen MR) is 80.6 cm³/mol. The first-order valence-electron chi connectivity index (χ1n) is 7.74. The molecule has 116 valence electrons. The molecule has 0 aliphatic rings. The fourth-order valence-electron chi connectivity index (χ4n) is 2.07. The Morgan fingerprint density at radius 3 is 2.90 bits per heavy atom. The van der Waals surface area contributed by atoms with E-state index >= 15 is 0 Å². The Hall–Kier alpha value is -0.840. The molecule has 0 aliphatic heterocycles. The third-order valence-corrected chi connectivity index (χ3v) is 3.33. The van der Waals surface area contributed by atoms with Crippen LogP contribution in [0.1, 0.15) is 51.7 Å². The first kappa shape index (κ1) is 17.2. The van der Waals surface area contributed by atoms with Crippen molar-refractivity contribution in [3.05, 3.63) is 24.2 Å². The van der Waals surface area contributed by atoms with Gasteiger partial charge in [0.25, 0.3) is 0 Å². The van der Waals surface area contributed by atoms with Gasteiger partial charge in [-0.05, 0) is 25.5 Å². The maximum absolute atomic E-state index is 9.82. The Morgan fingerprint density at radius 1 is 1.35 bits per heavy atom. The second-order valence-corrected chi connectivity index (χ2v) is 5.41. The van der Waals surface area contributed by atoms with Crippen LogP contribution in [-0.2, 0) is 11.3 Å². The van der Waals surface area contributed by atoms with E-state index in [2.05, 4.69) is 19.2 Å². The van der Waals surface area contributed by atoms with E-state index in [1.54, 1.807) is 6.26 Å². The highest BCUT2D eigenvalue weighted by Gasteiger charge is 2.07. The van der Waals surface area contributed by atoms with Gasteiger partial charge in [-0.25, -0.2) is 0 Å². The smallest absolute Gasteiger partial charge is 0.129 e. The summed E-state index contributed by atoms with van der Waals surface area (Å²) in [5.74, 6) is 0.787. The van der Waals surface area contributed by atoms with Gasteiger partial charge in [0.1, 0.15) is 12.4 Å². The van der Waals surface area contributed by atoms with Gasteiger partial charge in [0, 0.05) is 12.6 Å². The fraction of sp³-hybridized carbons (Fsp3) is 0.750. The summed E-state index contributed by atoms with van der Waals surface area (Å²) in [6.07, 6.45) is 7.47. The van der Waals surface area contributed by atoms with Crippen LogP contribution in [0.4, 0.5) is 0 Å². The van der Waals surface area contributed by atoms with Crippen LogP contribution in [0.15, 0.2) is 22.8 Å². The maximum Gasteiger partial charge on any atom is 0.129 e. The van der Waals surface area contributed by atoms with Crippen LogP contribution in [0.3, 0.4) is 0 Å². The van der Waals surface area contributed by atoms with E-state index in [9.17, 15) is 5.11 Å². The van der Waals surface area contributed by atoms with E-state index in [1.807, 2.05) is 12.1 Å². The second kappa shape index (κ2) is 10.9. The first-order chi connectivity index (χ1) is 9.72. The number of unbranched alkanes of at least 4 members (excludes halogenated alkanes) is 3. The Balaban J connectivity index is 1.97. The van der Waals surface area contributed by atoms with Crippen LogP contribution in [0, 0.1) is 0 Å². The van der Waals surface area contributed by atoms with Crippen molar-refractivity contribution in [3.8, 4) is 0 Å². The van der Waals surface area contributed by atoms with Gasteiger partial charge < -0.3 is 19.6 Å². The van der Waals surface area contributed by atoms with E-state index in [0.717, 1.165) is 5.76 Å². The molecule has 0 fully saturated rings. The lowest BCUT2D eigenvalue weighted by atomic mass is 10.1. The highest BCUT2D eigenvalue weighted by atomic mass is 16.5. The molecule has 0 saturated carbocycles. The van der Waals surface area contributed by atoms with Crippen molar-refractivity contribution < 1.29 is 14.3 Å². The molecule has 2 atom stereocenters. The summed E-state index contributed by atoms with van der Waals surface area (Å²) in [5.41, 5.74) is 0. The van der Waals surface area contributed by atoms with Gasteiger partial charge in [-0.1, -0.05) is 32.6 Å². The summed E-state index contributed by atoms with van der Waals surface area (Å²) in [4.78, 5) is 0. The predicted octanol–water partition coefficient (Wildman–Crippen LogP) is 3.11. The van der Waals surface area contributed by atoms with Crippen LogP contribution >= 0.6 is 0 Å². The van der Waals surface area contributed by atoms with Crippen molar-refractivity contribution in [1.82, 2.24) is 5.32 Å². The SMILES string of the molecule is CCCCCCC(C)NCC(O)COCc1ccco1. The zero-order valence-corrected chi connectivity index (χ0v) is 12.8. The molecular formula is C16H29NO3. The van der Waals surface area contributed by atoms with E-state index in [1.165, 1.54) is 32.1 Å². The van der Waals surface area contributed by atoms with Gasteiger partial charge in [-0.15, -0.1) is 0 Å². The number of hydrogen-bond acceptors (Lipinski definition) is 4.